The number of nitrogens with zero attached hydrogens (tertiary/aromatic N) is 6. The van der Waals surface area contributed by atoms with Gasteiger partial charge in [0.1, 0.15) is 30.9 Å². The van der Waals surface area contributed by atoms with E-state index in [1.165, 1.54) is 35.4 Å². The van der Waals surface area contributed by atoms with Crippen LogP contribution in [0.15, 0.2) is 140 Å². The van der Waals surface area contributed by atoms with E-state index < -0.39 is 64.6 Å². The zero-order valence-electron chi connectivity index (χ0n) is 56.1. The van der Waals surface area contributed by atoms with Gasteiger partial charge in [0, 0.05) is 108 Å². The van der Waals surface area contributed by atoms with Crippen LogP contribution in [0.5, 0.6) is 0 Å². The van der Waals surface area contributed by atoms with E-state index >= 15 is 0 Å². The lowest BCUT2D eigenvalue weighted by Gasteiger charge is -2.44. The second-order valence-corrected chi connectivity index (χ2v) is 27.0. The first-order valence-electron chi connectivity index (χ1n) is 34.4. The molecule has 4 aliphatic heterocycles. The Morgan fingerprint density at radius 1 is 0.657 bits per heavy atom. The average molecular weight is 1370 g/mol. The molecule has 11 rings (SSSR count). The minimum absolute atomic E-state index is 0.0263. The Bertz CT molecular complexity index is 3760. The van der Waals surface area contributed by atoms with E-state index in [2.05, 4.69) is 50.8 Å². The number of nitrogens with one attached hydrogen (secondary N) is 2. The van der Waals surface area contributed by atoms with Gasteiger partial charge in [0.25, 0.3) is 5.91 Å². The van der Waals surface area contributed by atoms with Crippen molar-refractivity contribution in [2.75, 3.05) is 110 Å². The molecule has 0 bridgehead atoms. The van der Waals surface area contributed by atoms with Gasteiger partial charge in [-0.1, -0.05) is 97.4 Å². The molecule has 528 valence electrons. The number of hydrogen-bond donors (Lipinski definition) is 2. The molecule has 3 fully saturated rings. The van der Waals surface area contributed by atoms with Gasteiger partial charge < -0.3 is 48.9 Å². The molecule has 16 nitrogen and oxygen atoms in total. The fourth-order valence-electron chi connectivity index (χ4n) is 14.6. The second-order valence-electron chi connectivity index (χ2n) is 27.0. The standard InChI is InChI=1S/C76H87F7N8O8/c1-86(35-13-21-69(93)90-38-28-54-46-62(27-22-56(54)49-90)84-34-12-4-7-20-68(92)87(2)42-43-88-36-29-63(30-37-88)99-72(96)85-66-19-11-9-17-64(66)53-14-5-3-6-15-53)70(94)50-97-67-47-55-16-8-10-18-65(55)73(67)31-39-89(40-32-73)41-33-74(58-23-25-61(77)26-24-58)51-91(52-98-74)71(95)57-44-59(75(78,79)80)48-60(45-57)76(81,82)83/h3,5-6,8-11,14-19,22-27,44-46,48,63,67,84H,4,7,12-13,20-21,28-43,47,49-52H2,1-2H3,(H,85,96)/t67-,74+/m0/s1. The summed E-state index contributed by atoms with van der Waals surface area (Å²) in [6.07, 6.45) is -2.86. The number of likely N-dealkylation sites (tertiary alicyclic amines) is 2. The van der Waals surface area contributed by atoms with Crippen molar-refractivity contribution in [1.29, 1.82) is 0 Å². The summed E-state index contributed by atoms with van der Waals surface area (Å²) in [4.78, 5) is 77.9. The van der Waals surface area contributed by atoms with Crippen molar-refractivity contribution in [2.24, 2.45) is 0 Å². The molecule has 1 spiro atoms. The lowest BCUT2D eigenvalue weighted by molar-refractivity contribution is -0.143. The number of amides is 5. The number of benzene rings is 6. The predicted octanol–water partition coefficient (Wildman–Crippen LogP) is 13.2. The molecule has 0 radical (unpaired) electrons. The lowest BCUT2D eigenvalue weighted by atomic mass is 9.72. The number of ether oxygens (including phenoxy) is 3. The molecule has 0 saturated carbocycles. The van der Waals surface area contributed by atoms with E-state index in [0.29, 0.717) is 108 Å². The Labute approximate surface area is 573 Å². The molecule has 6 aromatic carbocycles. The summed E-state index contributed by atoms with van der Waals surface area (Å²) in [5, 5.41) is 6.48. The first-order chi connectivity index (χ1) is 47.5. The molecule has 2 atom stereocenters. The summed E-state index contributed by atoms with van der Waals surface area (Å²) in [5.41, 5.74) is 3.14. The summed E-state index contributed by atoms with van der Waals surface area (Å²) in [5.74, 6) is -1.62. The van der Waals surface area contributed by atoms with Crippen molar-refractivity contribution < 1.29 is 68.9 Å². The molecular weight excluding hydrogens is 1290 g/mol. The molecule has 0 aromatic heterocycles. The Balaban J connectivity index is 0.564. The number of halogens is 7. The fraction of sp³-hybridized carbons (Fsp3) is 0.461. The van der Waals surface area contributed by atoms with Gasteiger partial charge in [-0.05, 0) is 159 Å². The molecule has 99 heavy (non-hydrogen) atoms. The van der Waals surface area contributed by atoms with Crippen LogP contribution >= 0.6 is 0 Å². The first-order valence-corrected chi connectivity index (χ1v) is 34.4. The van der Waals surface area contributed by atoms with Crippen LogP contribution < -0.4 is 10.6 Å². The highest BCUT2D eigenvalue weighted by Crippen LogP contribution is 2.49. The Hall–Kier alpha value is -8.38. The fourth-order valence-corrected chi connectivity index (χ4v) is 14.6. The van der Waals surface area contributed by atoms with Crippen molar-refractivity contribution in [2.45, 2.75) is 126 Å². The molecule has 5 amide bonds. The van der Waals surface area contributed by atoms with Crippen LogP contribution in [-0.4, -0.2) is 171 Å². The third-order valence-electron chi connectivity index (χ3n) is 20.5. The molecule has 3 saturated heterocycles. The SMILES string of the molecule is CN(CCN1CCC(OC(=O)Nc2ccccc2-c2ccccc2)CC1)C(=O)CCCCCNc1ccc2c(c1)CCN(C(=O)CCCN(C)C(=O)CO[C@H]1Cc3ccccc3C13CCN(CC[C@]1(c4ccc(F)cc4)CN(C(=O)c4cc(C(F)(F)F)cc(C(F)(F)F)c4)CO1)CC3)C2. The van der Waals surface area contributed by atoms with Crippen LogP contribution in [0.1, 0.15) is 120 Å². The largest absolute Gasteiger partial charge is 0.446 e. The molecule has 6 aromatic rings. The Morgan fingerprint density at radius 3 is 2.08 bits per heavy atom. The zero-order valence-corrected chi connectivity index (χ0v) is 56.1. The molecule has 23 heteroatoms. The number of carbonyl (C=O) groups excluding carboxylic acids is 5. The molecule has 4 heterocycles. The van der Waals surface area contributed by atoms with Gasteiger partial charge in [-0.15, -0.1) is 0 Å². The molecule has 1 aliphatic carbocycles. The number of piperidine rings is 2. The minimum Gasteiger partial charge on any atom is -0.446 e. The average Bonchev–Trinajstić information content (AvgIpc) is 1.61. The quantitative estimate of drug-likeness (QED) is 0.0415. The topological polar surface area (TPSA) is 157 Å². The van der Waals surface area contributed by atoms with Crippen LogP contribution in [0, 0.1) is 5.82 Å². The summed E-state index contributed by atoms with van der Waals surface area (Å²) in [6, 6.07) is 38.3. The maximum Gasteiger partial charge on any atom is 0.416 e. The Kier molecular flexibility index (Phi) is 23.1. The monoisotopic (exact) mass is 1370 g/mol. The van der Waals surface area contributed by atoms with Crippen molar-refractivity contribution in [3.63, 3.8) is 0 Å². The van der Waals surface area contributed by atoms with Gasteiger partial charge in [-0.2, -0.15) is 26.3 Å². The van der Waals surface area contributed by atoms with E-state index in [1.54, 1.807) is 11.9 Å². The Morgan fingerprint density at radius 2 is 1.34 bits per heavy atom. The number of fused-ring (bicyclic) bond motifs is 3. The predicted molar refractivity (Wildman–Crippen MR) is 362 cm³/mol. The number of likely N-dealkylation sites (N-methyl/N-ethyl adjacent to an activating group) is 2. The summed E-state index contributed by atoms with van der Waals surface area (Å²) in [6.45, 7) is 6.13. The molecular formula is C76H87F7N8O8. The van der Waals surface area contributed by atoms with Crippen LogP contribution in [-0.2, 0) is 71.3 Å². The minimum atomic E-state index is -5.15. The van der Waals surface area contributed by atoms with Crippen molar-refractivity contribution in [3.05, 3.63) is 190 Å². The smallest absolute Gasteiger partial charge is 0.416 e. The van der Waals surface area contributed by atoms with Crippen LogP contribution in [0.4, 0.5) is 46.9 Å². The summed E-state index contributed by atoms with van der Waals surface area (Å²) in [7, 11) is 3.59. The van der Waals surface area contributed by atoms with Gasteiger partial charge >= 0.3 is 18.4 Å². The molecule has 5 aliphatic rings. The van der Waals surface area contributed by atoms with Crippen molar-refractivity contribution in [1.82, 2.24) is 29.4 Å². The van der Waals surface area contributed by atoms with Crippen LogP contribution in [0.2, 0.25) is 0 Å². The maximum atomic E-state index is 14.3. The van der Waals surface area contributed by atoms with Crippen LogP contribution in [0.3, 0.4) is 0 Å². The number of hydrogen-bond acceptors (Lipinski definition) is 11. The van der Waals surface area contributed by atoms with Gasteiger partial charge in [0.15, 0.2) is 0 Å². The van der Waals surface area contributed by atoms with Crippen molar-refractivity contribution >= 4 is 41.1 Å². The highest BCUT2D eigenvalue weighted by Gasteiger charge is 2.50. The number of anilines is 2. The van der Waals surface area contributed by atoms with Crippen molar-refractivity contribution in [3.8, 4) is 11.1 Å². The summed E-state index contributed by atoms with van der Waals surface area (Å²) >= 11 is 0. The highest BCUT2D eigenvalue weighted by molar-refractivity contribution is 5.95. The number of carbonyl (C=O) groups is 5. The number of para-hydroxylation sites is 1. The summed E-state index contributed by atoms with van der Waals surface area (Å²) < 4.78 is 116. The number of rotatable bonds is 25. The maximum absolute atomic E-state index is 14.3. The van der Waals surface area contributed by atoms with Gasteiger partial charge in [0.2, 0.25) is 17.7 Å². The third kappa shape index (κ3) is 18.0. The van der Waals surface area contributed by atoms with Gasteiger partial charge in [0.05, 0.1) is 29.5 Å². The van der Waals surface area contributed by atoms with E-state index in [0.717, 1.165) is 97.5 Å². The second kappa shape index (κ2) is 31.9. The van der Waals surface area contributed by atoms with Gasteiger partial charge in [-0.25, -0.2) is 9.18 Å². The first kappa shape index (κ1) is 71.9. The van der Waals surface area contributed by atoms with E-state index in [4.69, 9.17) is 14.2 Å². The van der Waals surface area contributed by atoms with Gasteiger partial charge in [-0.3, -0.25) is 24.5 Å². The van der Waals surface area contributed by atoms with Crippen LogP contribution in [0.25, 0.3) is 11.1 Å². The lowest BCUT2D eigenvalue weighted by Crippen LogP contribution is -2.50. The third-order valence-corrected chi connectivity index (χ3v) is 20.5. The normalized spacial score (nSPS) is 18.8. The molecule has 2 N–H and O–H groups in total. The molecule has 0 unspecified atom stereocenters. The van der Waals surface area contributed by atoms with E-state index in [-0.39, 0.29) is 55.6 Å². The number of alkyl halides is 6. The van der Waals surface area contributed by atoms with E-state index in [1.807, 2.05) is 83.6 Å². The highest BCUT2D eigenvalue weighted by atomic mass is 19.4. The van der Waals surface area contributed by atoms with E-state index in [9.17, 15) is 54.7 Å². The number of unbranched alkanes of at least 4 members (excludes halogenated alkanes) is 2. The zero-order chi connectivity index (χ0) is 69.9.